The number of aromatic nitrogens is 2. The summed E-state index contributed by atoms with van der Waals surface area (Å²) in [5.41, 5.74) is 3.98. The number of nitrogens with zero attached hydrogens (tertiary/aromatic N) is 2. The molecule has 0 saturated heterocycles. The maximum Gasteiger partial charge on any atom is 0.334 e. The lowest BCUT2D eigenvalue weighted by Crippen LogP contribution is -2.05. The number of pyridine rings is 2. The molecule has 10 heteroatoms. The van der Waals surface area contributed by atoms with Crippen molar-refractivity contribution in [2.45, 2.75) is 25.7 Å². The normalized spacial score (nSPS) is 12.3. The van der Waals surface area contributed by atoms with Gasteiger partial charge in [-0.3, -0.25) is 14.5 Å². The van der Waals surface area contributed by atoms with Crippen molar-refractivity contribution in [2.24, 2.45) is 0 Å². The van der Waals surface area contributed by atoms with Crippen molar-refractivity contribution in [3.8, 4) is 22.4 Å². The van der Waals surface area contributed by atoms with E-state index in [-0.39, 0.29) is 30.0 Å². The molecule has 2 heterocycles. The highest BCUT2D eigenvalue weighted by Gasteiger charge is 2.21. The van der Waals surface area contributed by atoms with Crippen LogP contribution in [0, 0.1) is 6.92 Å². The monoisotopic (exact) mass is 534 g/mol. The van der Waals surface area contributed by atoms with Gasteiger partial charge >= 0.3 is 7.60 Å². The first-order chi connectivity index (χ1) is 16.7. The molecule has 0 bridgehead atoms. The van der Waals surface area contributed by atoms with Crippen LogP contribution in [0.15, 0.2) is 71.9 Å². The lowest BCUT2D eigenvalue weighted by molar-refractivity contribution is 0.222. The molecule has 0 atom stereocenters. The van der Waals surface area contributed by atoms with E-state index in [1.54, 1.807) is 56.6 Å². The van der Waals surface area contributed by atoms with Gasteiger partial charge in [-0.05, 0) is 56.7 Å². The predicted octanol–water partition coefficient (Wildman–Crippen LogP) is 6.37. The summed E-state index contributed by atoms with van der Waals surface area (Å²) in [6, 6.07) is 12.2. The zero-order chi connectivity index (χ0) is 25.5. The predicted molar refractivity (Wildman–Crippen MR) is 140 cm³/mol. The van der Waals surface area contributed by atoms with Crippen molar-refractivity contribution in [2.75, 3.05) is 25.1 Å². The van der Waals surface area contributed by atoms with E-state index in [0.29, 0.717) is 10.7 Å². The molecule has 0 saturated carbocycles. The second kappa shape index (κ2) is 12.1. The summed E-state index contributed by atoms with van der Waals surface area (Å²) >= 11 is 6.21. The quantitative estimate of drug-likeness (QED) is 0.208. The molecule has 0 fully saturated rings. The van der Waals surface area contributed by atoms with Crippen LogP contribution >= 0.6 is 19.2 Å². The van der Waals surface area contributed by atoms with Gasteiger partial charge in [0.05, 0.1) is 40.7 Å². The van der Waals surface area contributed by atoms with Crippen molar-refractivity contribution < 1.29 is 22.0 Å². The average Bonchev–Trinajstić information content (AvgIpc) is 2.83. The summed E-state index contributed by atoms with van der Waals surface area (Å²) in [5, 5.41) is 0.474. The molecule has 7 nitrogen and oxygen atoms in total. The van der Waals surface area contributed by atoms with Crippen molar-refractivity contribution in [3.05, 3.63) is 77.7 Å². The van der Waals surface area contributed by atoms with Gasteiger partial charge in [0.25, 0.3) is 0 Å². The van der Waals surface area contributed by atoms with Crippen molar-refractivity contribution in [3.63, 3.8) is 0 Å². The Morgan fingerprint density at radius 1 is 0.943 bits per heavy atom. The van der Waals surface area contributed by atoms with E-state index in [1.807, 2.05) is 19.1 Å². The highest BCUT2D eigenvalue weighted by Crippen LogP contribution is 2.47. The fourth-order valence-corrected chi connectivity index (χ4v) is 6.14. The second-order valence-corrected chi connectivity index (χ2v) is 12.2. The van der Waals surface area contributed by atoms with Gasteiger partial charge in [0, 0.05) is 29.2 Å². The van der Waals surface area contributed by atoms with Crippen LogP contribution in [0.4, 0.5) is 0 Å². The molecule has 0 amide bonds. The Bertz CT molecular complexity index is 1320. The maximum atomic E-state index is 12.8. The highest BCUT2D eigenvalue weighted by molar-refractivity contribution is 7.91. The standard InChI is InChI=1S/C25H28ClN2O5PS/c1-4-32-34(29,33-5-2)14-6-7-15-35(30,31)23-12-10-20(11-13-23)24-16-22(26)18-28-25(24)21-9-8-19(3)27-17-21/h6-13,16-18H,4-5,14-15H2,1-3H3/b7-6+. The lowest BCUT2D eigenvalue weighted by atomic mass is 10.0. The molecule has 186 valence electrons. The molecular formula is C25H28ClN2O5PS. The van der Waals surface area contributed by atoms with Gasteiger partial charge in [0.15, 0.2) is 9.84 Å². The number of hydrogen-bond donors (Lipinski definition) is 0. The highest BCUT2D eigenvalue weighted by atomic mass is 35.5. The molecular weight excluding hydrogens is 507 g/mol. The van der Waals surface area contributed by atoms with E-state index in [9.17, 15) is 13.0 Å². The molecule has 0 aliphatic heterocycles. The van der Waals surface area contributed by atoms with Crippen molar-refractivity contribution >= 4 is 29.0 Å². The minimum absolute atomic E-state index is 0.0154. The molecule has 0 radical (unpaired) electrons. The van der Waals surface area contributed by atoms with Crippen LogP contribution in [-0.4, -0.2) is 43.5 Å². The van der Waals surface area contributed by atoms with Crippen molar-refractivity contribution in [1.29, 1.82) is 0 Å². The third kappa shape index (κ3) is 7.32. The summed E-state index contributed by atoms with van der Waals surface area (Å²) in [6.45, 7) is 5.86. The molecule has 3 rings (SSSR count). The third-order valence-electron chi connectivity index (χ3n) is 5.03. The van der Waals surface area contributed by atoms with Crippen LogP contribution in [-0.2, 0) is 23.4 Å². The summed E-state index contributed by atoms with van der Waals surface area (Å²) in [6.07, 6.45) is 6.33. The smallest absolute Gasteiger partial charge is 0.309 e. The Labute approximate surface area is 211 Å². The zero-order valence-corrected chi connectivity index (χ0v) is 22.3. The minimum Gasteiger partial charge on any atom is -0.309 e. The summed E-state index contributed by atoms with van der Waals surface area (Å²) in [7, 11) is -6.84. The summed E-state index contributed by atoms with van der Waals surface area (Å²) in [5.74, 6) is -0.233. The molecule has 35 heavy (non-hydrogen) atoms. The first-order valence-corrected chi connectivity index (χ1v) is 14.9. The summed E-state index contributed by atoms with van der Waals surface area (Å²) in [4.78, 5) is 9.00. The molecule has 0 aliphatic rings. The second-order valence-electron chi connectivity index (χ2n) is 7.64. The van der Waals surface area contributed by atoms with E-state index in [0.717, 1.165) is 22.4 Å². The lowest BCUT2D eigenvalue weighted by Gasteiger charge is -2.14. The number of allylic oxidation sites excluding steroid dienone is 1. The Morgan fingerprint density at radius 3 is 2.20 bits per heavy atom. The molecule has 0 spiro atoms. The maximum absolute atomic E-state index is 12.8. The van der Waals surface area contributed by atoms with Gasteiger partial charge in [-0.2, -0.15) is 0 Å². The number of benzene rings is 1. The number of sulfone groups is 1. The number of halogens is 1. The number of aryl methyl sites for hydroxylation is 1. The minimum atomic E-state index is -3.59. The SMILES string of the molecule is CCOP(=O)(C/C=C/CS(=O)(=O)c1ccc(-c2cc(Cl)cnc2-c2ccc(C)nc2)cc1)OCC. The Balaban J connectivity index is 1.79. The molecule has 0 unspecified atom stereocenters. The summed E-state index contributed by atoms with van der Waals surface area (Å²) < 4.78 is 48.5. The Morgan fingerprint density at radius 2 is 1.60 bits per heavy atom. The molecule has 1 aromatic carbocycles. The van der Waals surface area contributed by atoms with Crippen LogP contribution in [0.2, 0.25) is 5.02 Å². The number of rotatable bonds is 11. The molecule has 0 N–H and O–H groups in total. The van der Waals surface area contributed by atoms with Crippen LogP contribution in [0.5, 0.6) is 0 Å². The molecule has 0 aliphatic carbocycles. The van der Waals surface area contributed by atoms with E-state index in [2.05, 4.69) is 9.97 Å². The molecule has 3 aromatic rings. The fourth-order valence-electron chi connectivity index (χ4n) is 3.37. The Kier molecular flexibility index (Phi) is 9.39. The van der Waals surface area contributed by atoms with Crippen LogP contribution in [0.1, 0.15) is 19.5 Å². The van der Waals surface area contributed by atoms with E-state index in [4.69, 9.17) is 20.6 Å². The van der Waals surface area contributed by atoms with Crippen LogP contribution in [0.3, 0.4) is 0 Å². The van der Waals surface area contributed by atoms with Gasteiger partial charge in [-0.25, -0.2) is 8.42 Å². The van der Waals surface area contributed by atoms with Crippen molar-refractivity contribution in [1.82, 2.24) is 9.97 Å². The van der Waals surface area contributed by atoms with Gasteiger partial charge in [0.1, 0.15) is 0 Å². The average molecular weight is 535 g/mol. The third-order valence-corrected chi connectivity index (χ3v) is 8.82. The zero-order valence-electron chi connectivity index (χ0n) is 19.8. The Hall–Kier alpha value is -2.35. The van der Waals surface area contributed by atoms with Gasteiger partial charge in [-0.1, -0.05) is 35.9 Å². The first kappa shape index (κ1) is 27.2. The van der Waals surface area contributed by atoms with Gasteiger partial charge in [-0.15, -0.1) is 0 Å². The first-order valence-electron chi connectivity index (χ1n) is 11.1. The molecule has 2 aromatic heterocycles. The van der Waals surface area contributed by atoms with Crippen LogP contribution in [0.25, 0.3) is 22.4 Å². The van der Waals surface area contributed by atoms with E-state index < -0.39 is 17.4 Å². The van der Waals surface area contributed by atoms with E-state index in [1.165, 1.54) is 12.2 Å². The van der Waals surface area contributed by atoms with Gasteiger partial charge in [0.2, 0.25) is 0 Å². The van der Waals surface area contributed by atoms with E-state index >= 15 is 0 Å². The van der Waals surface area contributed by atoms with Crippen LogP contribution < -0.4 is 0 Å². The number of hydrogen-bond acceptors (Lipinski definition) is 7. The van der Waals surface area contributed by atoms with Gasteiger partial charge < -0.3 is 9.05 Å². The fraction of sp³-hybridized carbons (Fsp3) is 0.280. The topological polar surface area (TPSA) is 95.5 Å². The largest absolute Gasteiger partial charge is 0.334 e.